The summed E-state index contributed by atoms with van der Waals surface area (Å²) in [5.41, 5.74) is 0. The van der Waals surface area contributed by atoms with Crippen molar-refractivity contribution in [2.24, 2.45) is 0 Å². The number of hydrogen-bond donors (Lipinski definition) is 0. The third kappa shape index (κ3) is 1.63. The van der Waals surface area contributed by atoms with Gasteiger partial charge in [-0.1, -0.05) is 0 Å². The third-order valence-corrected chi connectivity index (χ3v) is 2.70. The number of Topliss-reactive ketones (excluding diaryl/α,β-unsaturated/α-hetero) is 1. The molecular weight excluding hydrogens is 178 g/mol. The standard InChI is InChI=1S/C8H13NO2.ClH/c1-9-6-2-8(10)3-7(9)5-11-4-6;/h6-7H,2-5H2,1H3;1H. The number of carbonyl (C=O) groups is 1. The second kappa shape index (κ2) is 3.73. The number of nitrogens with zero attached hydrogens (tertiary/aromatic N) is 1. The predicted molar refractivity (Wildman–Crippen MR) is 47.6 cm³/mol. The Morgan fingerprint density at radius 3 is 2.33 bits per heavy atom. The van der Waals surface area contributed by atoms with Gasteiger partial charge in [0.2, 0.25) is 0 Å². The molecule has 0 aromatic carbocycles. The van der Waals surface area contributed by atoms with Gasteiger partial charge in [0.15, 0.2) is 0 Å². The lowest BCUT2D eigenvalue weighted by Crippen LogP contribution is -2.55. The number of ketones is 1. The summed E-state index contributed by atoms with van der Waals surface area (Å²) in [6.45, 7) is 1.47. The van der Waals surface area contributed by atoms with Crippen molar-refractivity contribution >= 4 is 18.2 Å². The summed E-state index contributed by atoms with van der Waals surface area (Å²) >= 11 is 0. The Morgan fingerprint density at radius 1 is 1.33 bits per heavy atom. The fourth-order valence-corrected chi connectivity index (χ4v) is 1.89. The summed E-state index contributed by atoms with van der Waals surface area (Å²) in [6.07, 6.45) is 1.38. The van der Waals surface area contributed by atoms with E-state index in [2.05, 4.69) is 11.9 Å². The van der Waals surface area contributed by atoms with Gasteiger partial charge < -0.3 is 4.74 Å². The van der Waals surface area contributed by atoms with Crippen molar-refractivity contribution in [3.63, 3.8) is 0 Å². The molecule has 2 heterocycles. The molecule has 2 atom stereocenters. The SMILES string of the molecule is CN1C2COCC1CC(=O)C2.Cl. The maximum atomic E-state index is 11.1. The minimum absolute atomic E-state index is 0. The first-order valence-corrected chi connectivity index (χ1v) is 4.09. The average molecular weight is 192 g/mol. The zero-order valence-electron chi connectivity index (χ0n) is 7.16. The van der Waals surface area contributed by atoms with Gasteiger partial charge in [-0.05, 0) is 7.05 Å². The van der Waals surface area contributed by atoms with E-state index in [4.69, 9.17) is 4.74 Å². The smallest absolute Gasteiger partial charge is 0.136 e. The first-order valence-electron chi connectivity index (χ1n) is 4.09. The van der Waals surface area contributed by atoms with Gasteiger partial charge in [0.05, 0.1) is 13.2 Å². The van der Waals surface area contributed by atoms with Crippen LogP contribution < -0.4 is 0 Å². The Morgan fingerprint density at radius 2 is 1.83 bits per heavy atom. The molecule has 2 rings (SSSR count). The highest BCUT2D eigenvalue weighted by Crippen LogP contribution is 2.22. The molecule has 4 heteroatoms. The Labute approximate surface area is 78.5 Å². The lowest BCUT2D eigenvalue weighted by Gasteiger charge is -2.42. The fraction of sp³-hybridized carbons (Fsp3) is 0.875. The third-order valence-electron chi connectivity index (χ3n) is 2.70. The van der Waals surface area contributed by atoms with Crippen molar-refractivity contribution in [2.45, 2.75) is 24.9 Å². The van der Waals surface area contributed by atoms with Crippen LogP contribution in [0.5, 0.6) is 0 Å². The zero-order valence-corrected chi connectivity index (χ0v) is 7.97. The molecule has 3 nitrogen and oxygen atoms in total. The summed E-state index contributed by atoms with van der Waals surface area (Å²) in [5.74, 6) is 0.404. The molecule has 2 aliphatic rings. The van der Waals surface area contributed by atoms with Crippen molar-refractivity contribution in [1.82, 2.24) is 4.90 Å². The van der Waals surface area contributed by atoms with Crippen LogP contribution in [0.15, 0.2) is 0 Å². The number of morpholine rings is 1. The Bertz CT molecular complexity index is 170. The summed E-state index contributed by atoms with van der Waals surface area (Å²) in [6, 6.07) is 0.713. The predicted octanol–water partition coefficient (Wildman–Crippen LogP) is 0.470. The van der Waals surface area contributed by atoms with Gasteiger partial charge in [0, 0.05) is 24.9 Å². The minimum atomic E-state index is 0. The second-order valence-electron chi connectivity index (χ2n) is 3.46. The Hall–Kier alpha value is -0.120. The molecular formula is C8H14ClNO2. The number of carbonyl (C=O) groups excluding carboxylic acids is 1. The van der Waals surface area contributed by atoms with E-state index in [1.54, 1.807) is 0 Å². The number of halogens is 1. The summed E-state index contributed by atoms with van der Waals surface area (Å²) < 4.78 is 5.36. The molecule has 2 unspecified atom stereocenters. The number of likely N-dealkylation sites (N-methyl/N-ethyl adjacent to an activating group) is 1. The number of hydrogen-bond acceptors (Lipinski definition) is 3. The number of rotatable bonds is 0. The zero-order chi connectivity index (χ0) is 7.84. The highest BCUT2D eigenvalue weighted by Gasteiger charge is 2.35. The van der Waals surface area contributed by atoms with Crippen LogP contribution in [0.4, 0.5) is 0 Å². The molecule has 70 valence electrons. The van der Waals surface area contributed by atoms with E-state index in [0.29, 0.717) is 30.7 Å². The van der Waals surface area contributed by atoms with Gasteiger partial charge in [-0.2, -0.15) is 0 Å². The summed E-state index contributed by atoms with van der Waals surface area (Å²) in [7, 11) is 2.09. The monoisotopic (exact) mass is 191 g/mol. The first-order chi connectivity index (χ1) is 5.27. The molecule has 0 radical (unpaired) electrons. The van der Waals surface area contributed by atoms with E-state index in [1.165, 1.54) is 0 Å². The van der Waals surface area contributed by atoms with E-state index >= 15 is 0 Å². The van der Waals surface area contributed by atoms with Crippen LogP contribution in [-0.4, -0.2) is 43.0 Å². The highest BCUT2D eigenvalue weighted by atomic mass is 35.5. The van der Waals surface area contributed by atoms with Crippen LogP contribution in [-0.2, 0) is 9.53 Å². The summed E-state index contributed by atoms with van der Waals surface area (Å²) in [5, 5.41) is 0. The van der Waals surface area contributed by atoms with Crippen LogP contribution in [0.3, 0.4) is 0 Å². The molecule has 2 aliphatic heterocycles. The summed E-state index contributed by atoms with van der Waals surface area (Å²) in [4.78, 5) is 13.4. The Kier molecular flexibility index (Phi) is 3.09. The van der Waals surface area contributed by atoms with E-state index in [9.17, 15) is 4.79 Å². The number of ether oxygens (including phenoxy) is 1. The maximum Gasteiger partial charge on any atom is 0.136 e. The van der Waals surface area contributed by atoms with Crippen molar-refractivity contribution in [1.29, 1.82) is 0 Å². The van der Waals surface area contributed by atoms with Gasteiger partial charge in [-0.15, -0.1) is 12.4 Å². The van der Waals surface area contributed by atoms with Gasteiger partial charge in [0.25, 0.3) is 0 Å². The van der Waals surface area contributed by atoms with Crippen molar-refractivity contribution < 1.29 is 9.53 Å². The van der Waals surface area contributed by atoms with Gasteiger partial charge in [0.1, 0.15) is 5.78 Å². The first kappa shape index (κ1) is 9.96. The largest absolute Gasteiger partial charge is 0.378 e. The topological polar surface area (TPSA) is 29.5 Å². The van der Waals surface area contributed by atoms with E-state index in [1.807, 2.05) is 0 Å². The van der Waals surface area contributed by atoms with Crippen LogP contribution in [0.2, 0.25) is 0 Å². The maximum absolute atomic E-state index is 11.1. The number of piperidine rings is 1. The van der Waals surface area contributed by atoms with Crippen molar-refractivity contribution in [3.05, 3.63) is 0 Å². The van der Waals surface area contributed by atoms with Crippen LogP contribution in [0.1, 0.15) is 12.8 Å². The van der Waals surface area contributed by atoms with E-state index in [0.717, 1.165) is 13.2 Å². The molecule has 0 N–H and O–H groups in total. The molecule has 0 aromatic rings. The van der Waals surface area contributed by atoms with E-state index < -0.39 is 0 Å². The van der Waals surface area contributed by atoms with E-state index in [-0.39, 0.29) is 12.4 Å². The fourth-order valence-electron chi connectivity index (χ4n) is 1.89. The molecule has 12 heavy (non-hydrogen) atoms. The lowest BCUT2D eigenvalue weighted by molar-refractivity contribution is -0.133. The van der Waals surface area contributed by atoms with Gasteiger partial charge in [-0.25, -0.2) is 0 Å². The second-order valence-corrected chi connectivity index (χ2v) is 3.46. The Balaban J connectivity index is 0.000000720. The highest BCUT2D eigenvalue weighted by molar-refractivity contribution is 5.85. The van der Waals surface area contributed by atoms with Crippen molar-refractivity contribution in [3.8, 4) is 0 Å². The molecule has 0 aliphatic carbocycles. The van der Waals surface area contributed by atoms with Crippen LogP contribution in [0.25, 0.3) is 0 Å². The molecule has 2 fully saturated rings. The van der Waals surface area contributed by atoms with Crippen molar-refractivity contribution in [2.75, 3.05) is 20.3 Å². The lowest BCUT2D eigenvalue weighted by atomic mass is 9.94. The molecule has 0 aromatic heterocycles. The van der Waals surface area contributed by atoms with Crippen LogP contribution >= 0.6 is 12.4 Å². The molecule has 0 amide bonds. The normalized spacial score (nSPS) is 35.9. The molecule has 0 saturated carbocycles. The molecule has 2 saturated heterocycles. The molecule has 0 spiro atoms. The average Bonchev–Trinajstić information content (AvgIpc) is 1.92. The quantitative estimate of drug-likeness (QED) is 0.558. The molecule has 2 bridgehead atoms. The van der Waals surface area contributed by atoms with Gasteiger partial charge in [-0.3, -0.25) is 9.69 Å². The minimum Gasteiger partial charge on any atom is -0.378 e. The van der Waals surface area contributed by atoms with Gasteiger partial charge >= 0.3 is 0 Å². The number of fused-ring (bicyclic) bond motifs is 2. The van der Waals surface area contributed by atoms with Crippen LogP contribution in [0, 0.1) is 0 Å².